The number of carboxylic acids is 2. The maximum atomic E-state index is 13.7. The molecule has 7 heteroatoms. The molecular formula is C39H27NO6. The number of ketones is 1. The number of fused-ring (bicyclic) bond motifs is 2. The van der Waals surface area contributed by atoms with Crippen LogP contribution in [0.25, 0.3) is 43.1 Å². The van der Waals surface area contributed by atoms with Gasteiger partial charge in [-0.3, -0.25) is 9.59 Å². The van der Waals surface area contributed by atoms with Gasteiger partial charge in [-0.05, 0) is 81.1 Å². The van der Waals surface area contributed by atoms with E-state index in [0.717, 1.165) is 12.0 Å². The van der Waals surface area contributed by atoms with Gasteiger partial charge in [0.25, 0.3) is 5.91 Å². The lowest BCUT2D eigenvalue weighted by atomic mass is 9.83. The highest BCUT2D eigenvalue weighted by Gasteiger charge is 2.25. The quantitative estimate of drug-likeness (QED) is 0.0861. The second-order valence-corrected chi connectivity index (χ2v) is 11.3. The normalized spacial score (nSPS) is 11.4. The van der Waals surface area contributed by atoms with Crippen molar-refractivity contribution in [3.8, 4) is 0 Å². The molecule has 0 bridgehead atoms. The van der Waals surface area contributed by atoms with Crippen molar-refractivity contribution in [3.05, 3.63) is 137 Å². The van der Waals surface area contributed by atoms with E-state index in [4.69, 9.17) is 0 Å². The van der Waals surface area contributed by atoms with Crippen molar-refractivity contribution in [1.82, 2.24) is 0 Å². The van der Waals surface area contributed by atoms with Gasteiger partial charge in [0.2, 0.25) is 0 Å². The second-order valence-electron chi connectivity index (χ2n) is 11.3. The van der Waals surface area contributed by atoms with Gasteiger partial charge in [0.05, 0.1) is 11.1 Å². The first-order chi connectivity index (χ1) is 22.3. The number of rotatable bonds is 9. The average molecular weight is 606 g/mol. The highest BCUT2D eigenvalue weighted by molar-refractivity contribution is 6.38. The fourth-order valence-corrected chi connectivity index (χ4v) is 6.62. The first-order valence-corrected chi connectivity index (χ1v) is 14.9. The Balaban J connectivity index is 1.45. The fourth-order valence-electron chi connectivity index (χ4n) is 6.62. The maximum Gasteiger partial charge on any atom is 0.336 e. The number of carbonyl (C=O) groups is 4. The highest BCUT2D eigenvalue weighted by Crippen LogP contribution is 2.44. The van der Waals surface area contributed by atoms with Gasteiger partial charge in [-0.2, -0.15) is 0 Å². The number of amides is 1. The van der Waals surface area contributed by atoms with Crippen LogP contribution in [0.3, 0.4) is 0 Å². The molecular weight excluding hydrogens is 578 g/mol. The monoisotopic (exact) mass is 605 g/mol. The molecule has 7 nitrogen and oxygen atoms in total. The minimum Gasteiger partial charge on any atom is -0.478 e. The zero-order valence-corrected chi connectivity index (χ0v) is 24.5. The molecule has 0 heterocycles. The molecule has 0 saturated carbocycles. The number of carbonyl (C=O) groups excluding carboxylic acids is 2. The molecule has 0 spiro atoms. The molecule has 1 amide bonds. The third kappa shape index (κ3) is 4.79. The van der Waals surface area contributed by atoms with Gasteiger partial charge in [0.1, 0.15) is 0 Å². The summed E-state index contributed by atoms with van der Waals surface area (Å²) in [4.78, 5) is 52.3. The number of hydrogen-bond donors (Lipinski definition) is 3. The molecule has 46 heavy (non-hydrogen) atoms. The Morgan fingerprint density at radius 2 is 0.957 bits per heavy atom. The first kappa shape index (κ1) is 28.7. The van der Waals surface area contributed by atoms with Crippen molar-refractivity contribution < 1.29 is 29.4 Å². The van der Waals surface area contributed by atoms with E-state index in [1.165, 1.54) is 12.1 Å². The summed E-state index contributed by atoms with van der Waals surface area (Å²) in [6.45, 7) is 0. The van der Waals surface area contributed by atoms with Gasteiger partial charge in [0.15, 0.2) is 5.78 Å². The highest BCUT2D eigenvalue weighted by atomic mass is 16.4. The number of nitrogens with one attached hydrogen (secondary N) is 1. The predicted octanol–water partition coefficient (Wildman–Crippen LogP) is 8.59. The molecule has 0 fully saturated rings. The van der Waals surface area contributed by atoms with Crippen molar-refractivity contribution in [2.45, 2.75) is 19.3 Å². The van der Waals surface area contributed by atoms with Crippen LogP contribution >= 0.6 is 0 Å². The minimum absolute atomic E-state index is 0.0210. The van der Waals surface area contributed by atoms with Crippen LogP contribution < -0.4 is 5.32 Å². The Kier molecular flexibility index (Phi) is 7.14. The molecule has 0 atom stereocenters. The molecule has 0 aromatic heterocycles. The standard InChI is InChI=1S/C39H27NO6/c41-32(13-7-10-22-8-3-1-4-9-22)28-18-14-24-27-17-21-31(39(45)46)36-29(37(42)40-23-11-5-2-6-12-23)19-15-25(34(27)36)26-16-20-30(38(43)44)35(28)33(24)26/h1-6,8-9,11-12,14-21H,7,10,13H2,(H,40,42)(H,43,44)(H,45,46). The second kappa shape index (κ2) is 11.4. The van der Waals surface area contributed by atoms with Crippen molar-refractivity contribution in [3.63, 3.8) is 0 Å². The van der Waals surface area contributed by atoms with Crippen LogP contribution in [0.15, 0.2) is 109 Å². The summed E-state index contributed by atoms with van der Waals surface area (Å²) in [5.41, 5.74) is 2.24. The zero-order valence-electron chi connectivity index (χ0n) is 24.5. The number of carboxylic acid groups (broad SMARTS) is 2. The van der Waals surface area contributed by atoms with Gasteiger partial charge in [0, 0.05) is 34.0 Å². The number of benzene rings is 7. The van der Waals surface area contributed by atoms with Crippen LogP contribution in [0.5, 0.6) is 0 Å². The summed E-state index contributed by atoms with van der Waals surface area (Å²) < 4.78 is 0. The molecule has 0 aliphatic rings. The summed E-state index contributed by atoms with van der Waals surface area (Å²) in [6.07, 6.45) is 1.59. The van der Waals surface area contributed by atoms with Crippen molar-refractivity contribution >= 4 is 72.4 Å². The van der Waals surface area contributed by atoms with E-state index < -0.39 is 17.8 Å². The van der Waals surface area contributed by atoms with Crippen LogP contribution in [-0.2, 0) is 6.42 Å². The molecule has 0 unspecified atom stereocenters. The summed E-state index contributed by atoms with van der Waals surface area (Å²) in [6, 6.07) is 32.0. The molecule has 0 aliphatic carbocycles. The number of hydrogen-bond acceptors (Lipinski definition) is 4. The summed E-state index contributed by atoms with van der Waals surface area (Å²) in [5, 5.41) is 27.8. The van der Waals surface area contributed by atoms with E-state index in [1.807, 2.05) is 36.4 Å². The Morgan fingerprint density at radius 3 is 1.48 bits per heavy atom. The molecule has 0 aliphatic heterocycles. The Bertz CT molecular complexity index is 2320. The van der Waals surface area contributed by atoms with Crippen molar-refractivity contribution in [2.24, 2.45) is 0 Å². The van der Waals surface area contributed by atoms with Gasteiger partial charge < -0.3 is 15.5 Å². The lowest BCUT2D eigenvalue weighted by molar-refractivity contribution is 0.0688. The Morgan fingerprint density at radius 1 is 0.500 bits per heavy atom. The van der Waals surface area contributed by atoms with Gasteiger partial charge >= 0.3 is 11.9 Å². The van der Waals surface area contributed by atoms with E-state index in [1.54, 1.807) is 60.7 Å². The van der Waals surface area contributed by atoms with E-state index >= 15 is 0 Å². The molecule has 0 saturated heterocycles. The molecule has 224 valence electrons. The minimum atomic E-state index is -1.17. The SMILES string of the molecule is O=C(O)c1ccc2c3ccc(C(=O)Nc4ccccc4)c4c(C(=O)O)ccc(c5ccc(C(=O)CCCc6ccccc6)c1c52)c43. The summed E-state index contributed by atoms with van der Waals surface area (Å²) in [7, 11) is 0. The number of aromatic carboxylic acids is 2. The number of para-hydroxylation sites is 1. The van der Waals surface area contributed by atoms with E-state index in [9.17, 15) is 29.4 Å². The van der Waals surface area contributed by atoms with E-state index in [0.29, 0.717) is 55.4 Å². The third-order valence-electron chi connectivity index (χ3n) is 8.65. The van der Waals surface area contributed by atoms with Crippen LogP contribution in [0.1, 0.15) is 59.8 Å². The topological polar surface area (TPSA) is 121 Å². The molecule has 3 N–H and O–H groups in total. The maximum absolute atomic E-state index is 13.7. The fraction of sp³-hybridized carbons (Fsp3) is 0.0769. The summed E-state index contributed by atoms with van der Waals surface area (Å²) >= 11 is 0. The van der Waals surface area contributed by atoms with Crippen molar-refractivity contribution in [1.29, 1.82) is 0 Å². The smallest absolute Gasteiger partial charge is 0.336 e. The van der Waals surface area contributed by atoms with Crippen LogP contribution in [-0.4, -0.2) is 33.8 Å². The average Bonchev–Trinajstić information content (AvgIpc) is 3.07. The predicted molar refractivity (Wildman–Crippen MR) is 180 cm³/mol. The Hall–Kier alpha value is -6.08. The van der Waals surface area contributed by atoms with Crippen LogP contribution in [0, 0.1) is 0 Å². The molecule has 7 aromatic carbocycles. The first-order valence-electron chi connectivity index (χ1n) is 14.9. The van der Waals surface area contributed by atoms with Crippen molar-refractivity contribution in [2.75, 3.05) is 5.32 Å². The Labute approximate surface area is 263 Å². The molecule has 7 rings (SSSR count). The van der Waals surface area contributed by atoms with Gasteiger partial charge in [-0.25, -0.2) is 9.59 Å². The van der Waals surface area contributed by atoms with E-state index in [2.05, 4.69) is 5.32 Å². The number of anilines is 1. The number of aryl methyl sites for hydroxylation is 1. The lowest BCUT2D eigenvalue weighted by Crippen LogP contribution is -2.14. The largest absolute Gasteiger partial charge is 0.478 e. The van der Waals surface area contributed by atoms with Gasteiger partial charge in [-0.1, -0.05) is 78.9 Å². The summed E-state index contributed by atoms with van der Waals surface area (Å²) in [5.74, 6) is -2.92. The van der Waals surface area contributed by atoms with Crippen LogP contribution in [0.2, 0.25) is 0 Å². The molecule has 0 radical (unpaired) electrons. The van der Waals surface area contributed by atoms with E-state index in [-0.39, 0.29) is 34.3 Å². The number of Topliss-reactive ketones (excluding diaryl/α,β-unsaturated/α-hetero) is 1. The van der Waals surface area contributed by atoms with Gasteiger partial charge in [-0.15, -0.1) is 0 Å². The lowest BCUT2D eigenvalue weighted by Gasteiger charge is -2.19. The van der Waals surface area contributed by atoms with Crippen LogP contribution in [0.4, 0.5) is 5.69 Å². The zero-order chi connectivity index (χ0) is 31.9. The molecule has 7 aromatic rings. The third-order valence-corrected chi connectivity index (χ3v) is 8.65.